The highest BCUT2D eigenvalue weighted by molar-refractivity contribution is 7.89. The standard InChI is InChI=1S/C23H34N4O5S2/c1-15(2)32-22(29)26-17-11-9-16(10-12-17)21-25-13-19(33-21)18-7-5-6-8-20(18)34(30,31)27(24)23(3,4)14-28/h5-8,13,15-17,28H,9-12,14,24H2,1-4H3,(H,26,29). The number of aromatic nitrogens is 1. The summed E-state index contributed by atoms with van der Waals surface area (Å²) in [6.45, 7) is 6.34. The van der Waals surface area contributed by atoms with Gasteiger partial charge in [0.25, 0.3) is 10.0 Å². The van der Waals surface area contributed by atoms with Crippen LogP contribution in [0, 0.1) is 0 Å². The third-order valence-corrected chi connectivity index (χ3v) is 9.05. The zero-order valence-electron chi connectivity index (χ0n) is 20.0. The zero-order chi connectivity index (χ0) is 25.1. The van der Waals surface area contributed by atoms with Gasteiger partial charge < -0.3 is 15.2 Å². The van der Waals surface area contributed by atoms with Gasteiger partial charge in [-0.1, -0.05) is 18.2 Å². The molecule has 0 bridgehead atoms. The van der Waals surface area contributed by atoms with Crippen molar-refractivity contribution in [3.05, 3.63) is 35.5 Å². The number of aliphatic hydroxyl groups excluding tert-OH is 1. The van der Waals surface area contributed by atoms with Crippen LogP contribution in [0.2, 0.25) is 0 Å². The van der Waals surface area contributed by atoms with E-state index in [1.165, 1.54) is 17.4 Å². The molecule has 11 heteroatoms. The van der Waals surface area contributed by atoms with Crippen LogP contribution in [0.4, 0.5) is 4.79 Å². The van der Waals surface area contributed by atoms with E-state index in [0.29, 0.717) is 5.56 Å². The predicted octanol–water partition coefficient (Wildman–Crippen LogP) is 3.61. The first kappa shape index (κ1) is 26.6. The summed E-state index contributed by atoms with van der Waals surface area (Å²) >= 11 is 1.47. The van der Waals surface area contributed by atoms with Crippen molar-refractivity contribution in [3.8, 4) is 10.4 Å². The van der Waals surface area contributed by atoms with E-state index in [9.17, 15) is 18.3 Å². The molecule has 1 heterocycles. The SMILES string of the molecule is CC(C)OC(=O)NC1CCC(c2ncc(-c3ccccc3S(=O)(=O)N(N)C(C)(C)CO)s2)CC1. The lowest BCUT2D eigenvalue weighted by molar-refractivity contribution is 0.109. The number of nitrogens with one attached hydrogen (secondary N) is 1. The summed E-state index contributed by atoms with van der Waals surface area (Å²) in [6.07, 6.45) is 4.58. The fourth-order valence-corrected chi connectivity index (χ4v) is 6.71. The third-order valence-electron chi connectivity index (χ3n) is 5.94. The summed E-state index contributed by atoms with van der Waals surface area (Å²) in [5.41, 5.74) is -0.624. The van der Waals surface area contributed by atoms with Crippen LogP contribution in [0.5, 0.6) is 0 Å². The molecule has 1 aliphatic carbocycles. The average molecular weight is 511 g/mol. The molecule has 1 fully saturated rings. The quantitative estimate of drug-likeness (QED) is 0.365. The van der Waals surface area contributed by atoms with Gasteiger partial charge in [-0.3, -0.25) is 5.84 Å². The van der Waals surface area contributed by atoms with Gasteiger partial charge in [0.15, 0.2) is 0 Å². The van der Waals surface area contributed by atoms with Gasteiger partial charge in [-0.15, -0.1) is 15.8 Å². The maximum atomic E-state index is 13.3. The third kappa shape index (κ3) is 5.95. The number of amides is 1. The van der Waals surface area contributed by atoms with Crippen molar-refractivity contribution >= 4 is 27.5 Å². The molecular formula is C23H34N4O5S2. The van der Waals surface area contributed by atoms with Crippen molar-refractivity contribution in [1.82, 2.24) is 14.7 Å². The number of hydrogen-bond acceptors (Lipinski definition) is 8. The smallest absolute Gasteiger partial charge is 0.407 e. The van der Waals surface area contributed by atoms with Gasteiger partial charge in [0.2, 0.25) is 0 Å². The maximum absolute atomic E-state index is 13.3. The molecule has 1 aromatic heterocycles. The van der Waals surface area contributed by atoms with E-state index in [-0.39, 0.29) is 29.1 Å². The minimum absolute atomic E-state index is 0.0748. The second kappa shape index (κ2) is 10.7. The number of thiazole rings is 1. The molecule has 0 spiro atoms. The van der Waals surface area contributed by atoms with E-state index in [4.69, 9.17) is 10.6 Å². The molecule has 0 atom stereocenters. The number of sulfonamides is 1. The Bertz CT molecular complexity index is 1090. The Balaban J connectivity index is 1.75. The number of alkyl carbamates (subject to hydrolysis) is 1. The van der Waals surface area contributed by atoms with E-state index in [1.807, 2.05) is 13.8 Å². The van der Waals surface area contributed by atoms with Crippen LogP contribution in [0.1, 0.15) is 64.3 Å². The predicted molar refractivity (Wildman–Crippen MR) is 132 cm³/mol. The monoisotopic (exact) mass is 510 g/mol. The average Bonchev–Trinajstić information content (AvgIpc) is 3.28. The van der Waals surface area contributed by atoms with Crippen LogP contribution >= 0.6 is 11.3 Å². The Labute approximate surface area is 205 Å². The van der Waals surface area contributed by atoms with Crippen LogP contribution in [0.15, 0.2) is 35.4 Å². The number of carbonyl (C=O) groups is 1. The number of hydrazine groups is 1. The number of rotatable bonds is 8. The van der Waals surface area contributed by atoms with Crippen molar-refractivity contribution in [1.29, 1.82) is 0 Å². The number of aliphatic hydroxyl groups is 1. The van der Waals surface area contributed by atoms with Crippen molar-refractivity contribution in [3.63, 3.8) is 0 Å². The highest BCUT2D eigenvalue weighted by Gasteiger charge is 2.36. The first-order chi connectivity index (χ1) is 16.0. The summed E-state index contributed by atoms with van der Waals surface area (Å²) in [5, 5.41) is 13.5. The second-order valence-electron chi connectivity index (χ2n) is 9.48. The molecule has 1 saturated carbocycles. The molecule has 188 valence electrons. The van der Waals surface area contributed by atoms with Gasteiger partial charge in [-0.05, 0) is 59.4 Å². The van der Waals surface area contributed by atoms with Gasteiger partial charge in [0.1, 0.15) is 0 Å². The summed E-state index contributed by atoms with van der Waals surface area (Å²) in [4.78, 5) is 17.3. The second-order valence-corrected chi connectivity index (χ2v) is 12.3. The van der Waals surface area contributed by atoms with Crippen LogP contribution < -0.4 is 11.2 Å². The van der Waals surface area contributed by atoms with Crippen LogP contribution in [0.3, 0.4) is 0 Å². The number of hydrogen-bond donors (Lipinski definition) is 3. The summed E-state index contributed by atoms with van der Waals surface area (Å²) in [6, 6.07) is 6.77. The Morgan fingerprint density at radius 1 is 1.29 bits per heavy atom. The van der Waals surface area contributed by atoms with E-state index < -0.39 is 22.2 Å². The maximum Gasteiger partial charge on any atom is 0.407 e. The van der Waals surface area contributed by atoms with Gasteiger partial charge in [0, 0.05) is 23.7 Å². The first-order valence-electron chi connectivity index (χ1n) is 11.4. The molecule has 1 aliphatic rings. The highest BCUT2D eigenvalue weighted by atomic mass is 32.2. The van der Waals surface area contributed by atoms with Crippen molar-refractivity contribution < 1.29 is 23.1 Å². The Morgan fingerprint density at radius 3 is 2.56 bits per heavy atom. The lowest BCUT2D eigenvalue weighted by Crippen LogP contribution is -2.54. The van der Waals surface area contributed by atoms with Crippen LogP contribution in [0.25, 0.3) is 10.4 Å². The number of ether oxygens (including phenoxy) is 1. The van der Waals surface area contributed by atoms with E-state index >= 15 is 0 Å². The largest absolute Gasteiger partial charge is 0.447 e. The van der Waals surface area contributed by atoms with Gasteiger partial charge >= 0.3 is 6.09 Å². The molecular weight excluding hydrogens is 476 g/mol. The molecule has 3 rings (SSSR count). The molecule has 0 unspecified atom stereocenters. The Hall–Kier alpha value is -2.05. The molecule has 1 amide bonds. The van der Waals surface area contributed by atoms with Crippen molar-refractivity contribution in [2.75, 3.05) is 6.61 Å². The molecule has 0 aliphatic heterocycles. The fraction of sp³-hybridized carbons (Fsp3) is 0.565. The van der Waals surface area contributed by atoms with Crippen molar-refractivity contribution in [2.24, 2.45) is 5.84 Å². The van der Waals surface area contributed by atoms with E-state index in [0.717, 1.165) is 40.0 Å². The number of nitrogens with zero attached hydrogens (tertiary/aromatic N) is 2. The normalized spacial score (nSPS) is 19.4. The summed E-state index contributed by atoms with van der Waals surface area (Å²) in [7, 11) is -4.05. The Morgan fingerprint density at radius 2 is 1.94 bits per heavy atom. The molecule has 0 saturated heterocycles. The summed E-state index contributed by atoms with van der Waals surface area (Å²) < 4.78 is 32.4. The summed E-state index contributed by atoms with van der Waals surface area (Å²) in [5.74, 6) is 6.20. The first-order valence-corrected chi connectivity index (χ1v) is 13.6. The number of nitrogens with two attached hydrogens (primary N) is 1. The molecule has 2 aromatic rings. The minimum Gasteiger partial charge on any atom is -0.447 e. The topological polar surface area (TPSA) is 135 Å². The van der Waals surface area contributed by atoms with Crippen LogP contribution in [-0.4, -0.2) is 53.3 Å². The van der Waals surface area contributed by atoms with Crippen LogP contribution in [-0.2, 0) is 14.8 Å². The lowest BCUT2D eigenvalue weighted by atomic mass is 9.86. The van der Waals surface area contributed by atoms with E-state index in [2.05, 4.69) is 10.3 Å². The molecule has 34 heavy (non-hydrogen) atoms. The molecule has 9 nitrogen and oxygen atoms in total. The number of benzene rings is 1. The van der Waals surface area contributed by atoms with Gasteiger partial charge in [-0.2, -0.15) is 0 Å². The van der Waals surface area contributed by atoms with Crippen molar-refractivity contribution in [2.45, 2.75) is 81.9 Å². The fourth-order valence-electron chi connectivity index (χ4n) is 3.90. The minimum atomic E-state index is -4.05. The zero-order valence-corrected chi connectivity index (χ0v) is 21.7. The lowest BCUT2D eigenvalue weighted by Gasteiger charge is -2.32. The van der Waals surface area contributed by atoms with E-state index in [1.54, 1.807) is 38.2 Å². The van der Waals surface area contributed by atoms with Gasteiger partial charge in [0.05, 0.1) is 33.0 Å². The molecule has 4 N–H and O–H groups in total. The van der Waals surface area contributed by atoms with Gasteiger partial charge in [-0.25, -0.2) is 18.2 Å². The molecule has 0 radical (unpaired) electrons. The Kier molecular flexibility index (Phi) is 8.35. The molecule has 1 aromatic carbocycles. The highest BCUT2D eigenvalue weighted by Crippen LogP contribution is 2.39. The number of carbonyl (C=O) groups excluding carboxylic acids is 1.